The minimum absolute atomic E-state index is 0.00446. The van der Waals surface area contributed by atoms with E-state index in [2.05, 4.69) is 85.8 Å². The summed E-state index contributed by atoms with van der Waals surface area (Å²) in [5.41, 5.74) is 0. The zero-order chi connectivity index (χ0) is 36.8. The van der Waals surface area contributed by atoms with Crippen molar-refractivity contribution in [1.82, 2.24) is 5.09 Å². The van der Waals surface area contributed by atoms with E-state index >= 15 is 0 Å². The second-order valence-corrected chi connectivity index (χ2v) is 14.9. The molecule has 0 amide bonds. The van der Waals surface area contributed by atoms with Gasteiger partial charge in [-0.3, -0.25) is 4.79 Å². The number of nitrogens with one attached hydrogen (secondary N) is 1. The van der Waals surface area contributed by atoms with Crippen LogP contribution in [0.15, 0.2) is 85.3 Å². The van der Waals surface area contributed by atoms with Crippen molar-refractivity contribution in [2.45, 2.75) is 155 Å². The molecule has 2 unspecified atom stereocenters. The van der Waals surface area contributed by atoms with Gasteiger partial charge in [-0.25, -0.2) is 0 Å². The third-order valence-corrected chi connectivity index (χ3v) is 9.88. The SMILES string of the molecule is CC/C=C\C/C=C\C/C=C\C/C=C\C/C=C\C/C=C\CCC(=O)OC(CO/C=C\CCCCCCCCCCCCCC)CO[P+]1(O)NCCO1. The molecule has 1 rings (SSSR count). The number of carbonyl (C=O) groups excluding carboxylic acids is 1. The Morgan fingerprint density at radius 3 is 1.69 bits per heavy atom. The van der Waals surface area contributed by atoms with Crippen LogP contribution in [0.2, 0.25) is 0 Å². The van der Waals surface area contributed by atoms with Gasteiger partial charge in [-0.2, -0.15) is 13.9 Å². The fourth-order valence-corrected chi connectivity index (χ4v) is 6.61. The maximum atomic E-state index is 12.6. The van der Waals surface area contributed by atoms with Crippen LogP contribution in [0.4, 0.5) is 0 Å². The Kier molecular flexibility index (Phi) is 33.1. The molecule has 0 spiro atoms. The summed E-state index contributed by atoms with van der Waals surface area (Å²) in [4.78, 5) is 23.0. The van der Waals surface area contributed by atoms with Gasteiger partial charge in [-0.1, -0.05) is 157 Å². The molecule has 0 aromatic heterocycles. The number of ether oxygens (including phenoxy) is 2. The van der Waals surface area contributed by atoms with Crippen LogP contribution < -0.4 is 5.09 Å². The molecule has 2 atom stereocenters. The topological polar surface area (TPSA) is 86.3 Å². The molecule has 290 valence electrons. The Hall–Kier alpha value is -2.28. The second-order valence-electron chi connectivity index (χ2n) is 13.0. The Labute approximate surface area is 313 Å². The number of allylic oxidation sites excluding steroid dienone is 13. The average molecular weight is 731 g/mol. The first-order valence-corrected chi connectivity index (χ1v) is 21.7. The van der Waals surface area contributed by atoms with Crippen molar-refractivity contribution in [2.24, 2.45) is 0 Å². The molecule has 1 saturated heterocycles. The summed E-state index contributed by atoms with van der Waals surface area (Å²) in [7, 11) is -3.09. The highest BCUT2D eigenvalue weighted by molar-refractivity contribution is 7.58. The summed E-state index contributed by atoms with van der Waals surface area (Å²) in [6.45, 7) is 5.48. The van der Waals surface area contributed by atoms with Gasteiger partial charge in [0.2, 0.25) is 0 Å². The van der Waals surface area contributed by atoms with Crippen molar-refractivity contribution in [3.63, 3.8) is 0 Å². The van der Waals surface area contributed by atoms with Gasteiger partial charge in [0.1, 0.15) is 19.8 Å². The van der Waals surface area contributed by atoms with E-state index in [4.69, 9.17) is 18.5 Å². The molecule has 0 radical (unpaired) electrons. The summed E-state index contributed by atoms with van der Waals surface area (Å²) in [6.07, 6.45) is 52.7. The van der Waals surface area contributed by atoms with Crippen LogP contribution in [0, 0.1) is 0 Å². The number of unbranched alkanes of at least 4 members (excludes halogenated alkanes) is 12. The van der Waals surface area contributed by atoms with E-state index < -0.39 is 14.2 Å². The van der Waals surface area contributed by atoms with Crippen LogP contribution in [0.5, 0.6) is 0 Å². The summed E-state index contributed by atoms with van der Waals surface area (Å²) < 4.78 is 22.3. The molecule has 0 aliphatic carbocycles. The van der Waals surface area contributed by atoms with Crippen molar-refractivity contribution in [3.05, 3.63) is 85.3 Å². The van der Waals surface area contributed by atoms with Gasteiger partial charge in [-0.05, 0) is 63.9 Å². The number of hydrogen-bond acceptors (Lipinski definition) is 7. The van der Waals surface area contributed by atoms with Crippen LogP contribution in [0.25, 0.3) is 0 Å². The molecule has 0 aromatic carbocycles. The van der Waals surface area contributed by atoms with Crippen molar-refractivity contribution < 1.29 is 28.2 Å². The van der Waals surface area contributed by atoms with Gasteiger partial charge in [0, 0.05) is 6.42 Å². The van der Waals surface area contributed by atoms with E-state index in [1.54, 1.807) is 6.26 Å². The fraction of sp³-hybridized carbons (Fsp3) is 0.651. The van der Waals surface area contributed by atoms with Crippen LogP contribution in [-0.4, -0.2) is 43.3 Å². The Morgan fingerprint density at radius 1 is 0.667 bits per heavy atom. The maximum Gasteiger partial charge on any atom is 0.499 e. The highest BCUT2D eigenvalue weighted by atomic mass is 31.2. The Bertz CT molecular complexity index is 1010. The second kappa shape index (κ2) is 36.1. The van der Waals surface area contributed by atoms with Crippen molar-refractivity contribution in [3.8, 4) is 0 Å². The molecule has 8 heteroatoms. The molecule has 51 heavy (non-hydrogen) atoms. The fourth-order valence-electron chi connectivity index (χ4n) is 5.27. The standard InChI is InChI=1S/C43H73NO6P/c1-3-5-7-9-11-13-15-17-19-20-21-22-23-24-26-28-30-32-34-36-43(45)50-42(41-49-51(46)44-37-39-48-51)40-47-38-35-33-31-29-27-25-18-16-14-12-10-8-6-4-2/h5,7,11,13,17,19,21-22,24,26,30,32,35,38,42,44,46H,3-4,6,8-10,12,14-16,18,20,23,25,27-29,31,33-34,36-37,39-41H2,1-2H3/q+1/b7-5-,13-11-,19-17-,22-21-,26-24-,32-30-,38-35-. The number of hydrogen-bond donors (Lipinski definition) is 2. The van der Waals surface area contributed by atoms with Crippen LogP contribution >= 0.6 is 8.09 Å². The predicted octanol–water partition coefficient (Wildman–Crippen LogP) is 12.3. The molecule has 1 heterocycles. The average Bonchev–Trinajstić information content (AvgIpc) is 3.57. The first-order chi connectivity index (χ1) is 25.1. The monoisotopic (exact) mass is 731 g/mol. The number of carbonyl (C=O) groups is 1. The van der Waals surface area contributed by atoms with E-state index in [0.717, 1.165) is 51.4 Å². The highest BCUT2D eigenvalue weighted by Gasteiger charge is 2.46. The molecule has 0 saturated carbocycles. The van der Waals surface area contributed by atoms with Crippen LogP contribution in [-0.2, 0) is 23.3 Å². The van der Waals surface area contributed by atoms with Gasteiger partial charge < -0.3 is 9.47 Å². The van der Waals surface area contributed by atoms with E-state index in [0.29, 0.717) is 19.6 Å². The van der Waals surface area contributed by atoms with Gasteiger partial charge in [0.25, 0.3) is 0 Å². The smallest absolute Gasteiger partial charge is 0.498 e. The minimum Gasteiger partial charge on any atom is -0.498 e. The summed E-state index contributed by atoms with van der Waals surface area (Å²) in [5, 5.41) is 2.86. The van der Waals surface area contributed by atoms with Crippen molar-refractivity contribution in [2.75, 3.05) is 26.4 Å². The molecule has 2 N–H and O–H groups in total. The lowest BCUT2D eigenvalue weighted by Crippen LogP contribution is -2.29. The van der Waals surface area contributed by atoms with Gasteiger partial charge in [-0.15, -0.1) is 5.09 Å². The Balaban J connectivity index is 2.20. The third kappa shape index (κ3) is 32.1. The lowest BCUT2D eigenvalue weighted by atomic mass is 10.0. The first kappa shape index (κ1) is 46.7. The van der Waals surface area contributed by atoms with Crippen LogP contribution in [0.1, 0.15) is 149 Å². The molecule has 1 aliphatic heterocycles. The van der Waals surface area contributed by atoms with E-state index in [1.807, 2.05) is 12.2 Å². The summed E-state index contributed by atoms with van der Waals surface area (Å²) in [5.74, 6) is -0.321. The molecular formula is C43H73NO6P+. The highest BCUT2D eigenvalue weighted by Crippen LogP contribution is 2.55. The van der Waals surface area contributed by atoms with Gasteiger partial charge in [0.15, 0.2) is 6.10 Å². The molecule has 7 nitrogen and oxygen atoms in total. The normalized spacial score (nSPS) is 17.6. The number of rotatable bonds is 34. The van der Waals surface area contributed by atoms with E-state index in [1.165, 1.54) is 70.6 Å². The molecule has 0 bridgehead atoms. The molecule has 1 aliphatic rings. The summed E-state index contributed by atoms with van der Waals surface area (Å²) >= 11 is 0. The zero-order valence-corrected chi connectivity index (χ0v) is 33.2. The first-order valence-electron chi connectivity index (χ1n) is 20.1. The van der Waals surface area contributed by atoms with Crippen molar-refractivity contribution >= 4 is 14.1 Å². The lowest BCUT2D eigenvalue weighted by Gasteiger charge is -2.18. The molecule has 0 aromatic rings. The quantitative estimate of drug-likeness (QED) is 0.0224. The predicted molar refractivity (Wildman–Crippen MR) is 217 cm³/mol. The van der Waals surface area contributed by atoms with Gasteiger partial charge in [0.05, 0.1) is 12.8 Å². The molecular weight excluding hydrogens is 657 g/mol. The largest absolute Gasteiger partial charge is 0.499 e. The number of esters is 1. The maximum absolute atomic E-state index is 12.6. The lowest BCUT2D eigenvalue weighted by molar-refractivity contribution is -0.153. The summed E-state index contributed by atoms with van der Waals surface area (Å²) in [6, 6.07) is 0. The minimum atomic E-state index is -3.09. The van der Waals surface area contributed by atoms with Crippen molar-refractivity contribution in [1.29, 1.82) is 0 Å². The molecule has 1 fully saturated rings. The van der Waals surface area contributed by atoms with E-state index in [9.17, 15) is 9.69 Å². The Morgan fingerprint density at radius 2 is 1.18 bits per heavy atom. The zero-order valence-electron chi connectivity index (χ0n) is 32.3. The third-order valence-electron chi connectivity index (χ3n) is 8.22. The van der Waals surface area contributed by atoms with E-state index in [-0.39, 0.29) is 25.6 Å². The van der Waals surface area contributed by atoms with Gasteiger partial charge >= 0.3 is 14.1 Å². The van der Waals surface area contributed by atoms with Crippen LogP contribution in [0.3, 0.4) is 0 Å².